The predicted molar refractivity (Wildman–Crippen MR) is 86.2 cm³/mol. The van der Waals surface area contributed by atoms with Crippen molar-refractivity contribution < 1.29 is 19.8 Å². The molecule has 0 fully saturated rings. The van der Waals surface area contributed by atoms with Crippen LogP contribution in [0.3, 0.4) is 0 Å². The van der Waals surface area contributed by atoms with Crippen molar-refractivity contribution >= 4 is 11.9 Å². The Balaban J connectivity index is 2.09. The van der Waals surface area contributed by atoms with Gasteiger partial charge in [0.25, 0.3) is 0 Å². The number of unbranched alkanes of at least 4 members (excludes halogenated alkanes) is 6. The number of carboxylic acid groups (broad SMARTS) is 2. The Morgan fingerprint density at radius 3 is 2.23 bits per heavy atom. The summed E-state index contributed by atoms with van der Waals surface area (Å²) in [5, 5.41) is 17.5. The minimum atomic E-state index is -0.887. The van der Waals surface area contributed by atoms with Gasteiger partial charge in [-0.25, -0.2) is 9.59 Å². The number of aryl methyl sites for hydroxylation is 1. The largest absolute Gasteiger partial charge is 0.478 e. The van der Waals surface area contributed by atoms with E-state index in [2.05, 4.69) is 0 Å². The summed E-state index contributed by atoms with van der Waals surface area (Å²) in [6.45, 7) is 0. The zero-order valence-electron chi connectivity index (χ0n) is 12.8. The number of carboxylic acids is 2. The average molecular weight is 304 g/mol. The van der Waals surface area contributed by atoms with Crippen molar-refractivity contribution in [3.05, 3.63) is 47.5 Å². The Morgan fingerprint density at radius 2 is 1.55 bits per heavy atom. The fraction of sp³-hybridized carbons (Fsp3) is 0.444. The van der Waals surface area contributed by atoms with Gasteiger partial charge in [-0.05, 0) is 37.3 Å². The normalized spacial score (nSPS) is 10.9. The lowest BCUT2D eigenvalue weighted by molar-refractivity contribution is -0.131. The second kappa shape index (κ2) is 10.6. The minimum Gasteiger partial charge on any atom is -0.478 e. The van der Waals surface area contributed by atoms with Crippen LogP contribution in [0.5, 0.6) is 0 Å². The molecule has 120 valence electrons. The van der Waals surface area contributed by atoms with Crippen LogP contribution in [0.2, 0.25) is 0 Å². The molecular weight excluding hydrogens is 280 g/mol. The Hall–Kier alpha value is -2.10. The van der Waals surface area contributed by atoms with Gasteiger partial charge in [0.15, 0.2) is 0 Å². The minimum absolute atomic E-state index is 0.410. The highest BCUT2D eigenvalue weighted by Gasteiger charge is 2.07. The predicted octanol–water partition coefficient (Wildman–Crippen LogP) is 4.30. The number of hydrogen-bond donors (Lipinski definition) is 2. The summed E-state index contributed by atoms with van der Waals surface area (Å²) in [6, 6.07) is 7.18. The van der Waals surface area contributed by atoms with Gasteiger partial charge in [0.05, 0.1) is 5.56 Å². The highest BCUT2D eigenvalue weighted by atomic mass is 16.4. The van der Waals surface area contributed by atoms with E-state index in [-0.39, 0.29) is 0 Å². The fourth-order valence-electron chi connectivity index (χ4n) is 2.42. The van der Waals surface area contributed by atoms with Gasteiger partial charge in [0, 0.05) is 6.08 Å². The van der Waals surface area contributed by atoms with Crippen molar-refractivity contribution in [1.29, 1.82) is 0 Å². The van der Waals surface area contributed by atoms with E-state index in [0.29, 0.717) is 5.56 Å². The molecule has 0 unspecified atom stereocenters. The van der Waals surface area contributed by atoms with Gasteiger partial charge in [0.2, 0.25) is 0 Å². The van der Waals surface area contributed by atoms with Gasteiger partial charge in [-0.15, -0.1) is 0 Å². The molecule has 0 bridgehead atoms. The highest BCUT2D eigenvalue weighted by Crippen LogP contribution is 2.14. The number of allylic oxidation sites excluding steroid dienone is 1. The topological polar surface area (TPSA) is 74.6 Å². The Labute approximate surface area is 131 Å². The number of rotatable bonds is 11. The lowest BCUT2D eigenvalue weighted by Gasteiger charge is -2.05. The number of benzene rings is 1. The van der Waals surface area contributed by atoms with Crippen molar-refractivity contribution in [3.8, 4) is 0 Å². The van der Waals surface area contributed by atoms with Gasteiger partial charge in [-0.3, -0.25) is 0 Å². The summed E-state index contributed by atoms with van der Waals surface area (Å²) < 4.78 is 0. The van der Waals surface area contributed by atoms with E-state index in [0.717, 1.165) is 56.9 Å². The molecule has 0 radical (unpaired) electrons. The molecule has 0 saturated carbocycles. The third-order valence-corrected chi connectivity index (χ3v) is 3.58. The van der Waals surface area contributed by atoms with Crippen molar-refractivity contribution in [2.45, 2.75) is 51.4 Å². The summed E-state index contributed by atoms with van der Waals surface area (Å²) in [7, 11) is 0. The van der Waals surface area contributed by atoms with Crippen LogP contribution in [0.25, 0.3) is 0 Å². The van der Waals surface area contributed by atoms with Crippen molar-refractivity contribution in [2.75, 3.05) is 0 Å². The van der Waals surface area contributed by atoms with E-state index in [1.54, 1.807) is 18.2 Å². The molecule has 0 aliphatic heterocycles. The standard InChI is InChI=1S/C18H24O4/c19-17(20)14-8-6-4-2-1-3-5-7-11-15-12-9-10-13-16(15)18(21)22/h8-10,12-14H,1-7,11H2,(H,19,20)(H,21,22). The zero-order chi connectivity index (χ0) is 16.2. The molecular formula is C18H24O4. The molecule has 1 aromatic carbocycles. The van der Waals surface area contributed by atoms with E-state index in [4.69, 9.17) is 10.2 Å². The van der Waals surface area contributed by atoms with Crippen LogP contribution in [-0.4, -0.2) is 22.2 Å². The maximum Gasteiger partial charge on any atom is 0.335 e. The number of aliphatic carboxylic acids is 1. The number of aromatic carboxylic acids is 1. The van der Waals surface area contributed by atoms with Crippen molar-refractivity contribution in [2.24, 2.45) is 0 Å². The Morgan fingerprint density at radius 1 is 0.909 bits per heavy atom. The molecule has 1 rings (SSSR count). The van der Waals surface area contributed by atoms with Crippen LogP contribution in [-0.2, 0) is 11.2 Å². The van der Waals surface area contributed by atoms with E-state index in [9.17, 15) is 9.59 Å². The third kappa shape index (κ3) is 7.62. The molecule has 4 heteroatoms. The summed E-state index contributed by atoms with van der Waals surface area (Å²) in [5.41, 5.74) is 1.32. The summed E-state index contributed by atoms with van der Waals surface area (Å²) >= 11 is 0. The number of carbonyl (C=O) groups is 2. The molecule has 0 spiro atoms. The highest BCUT2D eigenvalue weighted by molar-refractivity contribution is 5.89. The summed E-state index contributed by atoms with van der Waals surface area (Å²) in [4.78, 5) is 21.3. The van der Waals surface area contributed by atoms with Crippen LogP contribution in [0.4, 0.5) is 0 Å². The lowest BCUT2D eigenvalue weighted by Crippen LogP contribution is -2.02. The van der Waals surface area contributed by atoms with Gasteiger partial charge < -0.3 is 10.2 Å². The first kappa shape index (κ1) is 18.0. The zero-order valence-corrected chi connectivity index (χ0v) is 12.8. The van der Waals surface area contributed by atoms with E-state index in [1.807, 2.05) is 12.1 Å². The lowest BCUT2D eigenvalue weighted by atomic mass is 10.0. The first-order valence-electron chi connectivity index (χ1n) is 7.82. The van der Waals surface area contributed by atoms with E-state index >= 15 is 0 Å². The van der Waals surface area contributed by atoms with Gasteiger partial charge >= 0.3 is 11.9 Å². The molecule has 0 aromatic heterocycles. The second-order valence-corrected chi connectivity index (χ2v) is 5.36. The molecule has 2 N–H and O–H groups in total. The SMILES string of the molecule is O=C(O)C=CCCCCCCCCc1ccccc1C(=O)O. The monoisotopic (exact) mass is 304 g/mol. The molecule has 0 atom stereocenters. The average Bonchev–Trinajstić information content (AvgIpc) is 2.49. The maximum absolute atomic E-state index is 11.1. The van der Waals surface area contributed by atoms with Crippen LogP contribution >= 0.6 is 0 Å². The smallest absolute Gasteiger partial charge is 0.335 e. The van der Waals surface area contributed by atoms with Crippen LogP contribution in [0, 0.1) is 0 Å². The van der Waals surface area contributed by atoms with Gasteiger partial charge in [-0.1, -0.05) is 50.0 Å². The van der Waals surface area contributed by atoms with Crippen molar-refractivity contribution in [1.82, 2.24) is 0 Å². The summed E-state index contributed by atoms with van der Waals surface area (Å²) in [5.74, 6) is -1.74. The first-order chi connectivity index (χ1) is 10.6. The molecule has 0 aliphatic carbocycles. The third-order valence-electron chi connectivity index (χ3n) is 3.58. The Bertz CT molecular complexity index is 506. The molecule has 0 heterocycles. The Kier molecular flexibility index (Phi) is 8.65. The molecule has 1 aromatic rings. The number of hydrogen-bond acceptors (Lipinski definition) is 2. The van der Waals surface area contributed by atoms with Crippen molar-refractivity contribution in [3.63, 3.8) is 0 Å². The molecule has 22 heavy (non-hydrogen) atoms. The molecule has 0 aliphatic rings. The maximum atomic E-state index is 11.1. The fourth-order valence-corrected chi connectivity index (χ4v) is 2.42. The summed E-state index contributed by atoms with van der Waals surface area (Å²) in [6.07, 6.45) is 11.0. The van der Waals surface area contributed by atoms with Crippen LogP contribution in [0.15, 0.2) is 36.4 Å². The second-order valence-electron chi connectivity index (χ2n) is 5.36. The molecule has 0 amide bonds. The van der Waals surface area contributed by atoms with Crippen LogP contribution in [0.1, 0.15) is 60.9 Å². The molecule has 0 saturated heterocycles. The van der Waals surface area contributed by atoms with Crippen LogP contribution < -0.4 is 0 Å². The van der Waals surface area contributed by atoms with Gasteiger partial charge in [0.1, 0.15) is 0 Å². The quantitative estimate of drug-likeness (QED) is 0.472. The van der Waals surface area contributed by atoms with E-state index in [1.165, 1.54) is 6.08 Å². The van der Waals surface area contributed by atoms with Gasteiger partial charge in [-0.2, -0.15) is 0 Å². The first-order valence-corrected chi connectivity index (χ1v) is 7.82. The van der Waals surface area contributed by atoms with E-state index < -0.39 is 11.9 Å². The molecule has 4 nitrogen and oxygen atoms in total.